The van der Waals surface area contributed by atoms with E-state index in [4.69, 9.17) is 10.8 Å². The van der Waals surface area contributed by atoms with Crippen LogP contribution in [0.3, 0.4) is 0 Å². The number of hydrogen-bond acceptors (Lipinski definition) is 4. The molecular formula is C11H15NO3S. The molecule has 0 aliphatic carbocycles. The van der Waals surface area contributed by atoms with Crippen molar-refractivity contribution >= 4 is 17.7 Å². The molecule has 0 amide bonds. The van der Waals surface area contributed by atoms with Gasteiger partial charge in [-0.05, 0) is 24.8 Å². The van der Waals surface area contributed by atoms with Gasteiger partial charge in [-0.1, -0.05) is 6.07 Å². The number of phenols is 1. The molecule has 0 saturated carbocycles. The zero-order valence-electron chi connectivity index (χ0n) is 9.23. The Morgan fingerprint density at radius 2 is 2.19 bits per heavy atom. The van der Waals surface area contributed by atoms with E-state index in [-0.39, 0.29) is 12.2 Å². The average molecular weight is 241 g/mol. The molecule has 1 atom stereocenters. The molecule has 0 aliphatic heterocycles. The molecular weight excluding hydrogens is 226 g/mol. The molecule has 0 heterocycles. The van der Waals surface area contributed by atoms with Gasteiger partial charge in [-0.25, -0.2) is 0 Å². The number of hydrogen-bond donors (Lipinski definition) is 3. The number of aromatic hydroxyl groups is 1. The highest BCUT2D eigenvalue weighted by Gasteiger charge is 2.18. The van der Waals surface area contributed by atoms with Crippen LogP contribution >= 0.6 is 11.8 Å². The van der Waals surface area contributed by atoms with E-state index < -0.39 is 12.0 Å². The Balaban J connectivity index is 3.10. The molecule has 0 spiro atoms. The van der Waals surface area contributed by atoms with Crippen molar-refractivity contribution in [3.63, 3.8) is 0 Å². The van der Waals surface area contributed by atoms with Gasteiger partial charge in [-0.2, -0.15) is 0 Å². The van der Waals surface area contributed by atoms with Gasteiger partial charge in [0, 0.05) is 16.9 Å². The quantitative estimate of drug-likeness (QED) is 0.693. The average Bonchev–Trinajstić information content (AvgIpc) is 2.25. The third kappa shape index (κ3) is 2.68. The predicted octanol–water partition coefficient (Wildman–Crippen LogP) is 1.38. The van der Waals surface area contributed by atoms with Gasteiger partial charge in [0.25, 0.3) is 0 Å². The first kappa shape index (κ1) is 12.9. The summed E-state index contributed by atoms with van der Waals surface area (Å²) in [6, 6.07) is 2.68. The van der Waals surface area contributed by atoms with Gasteiger partial charge in [0.2, 0.25) is 0 Å². The SMILES string of the molecule is CSc1ccc(C)c(O)c1CC(N)C(=O)O. The van der Waals surface area contributed by atoms with E-state index in [2.05, 4.69) is 0 Å². The van der Waals surface area contributed by atoms with Gasteiger partial charge in [-0.15, -0.1) is 11.8 Å². The number of carbonyl (C=O) groups is 1. The molecule has 1 aromatic rings. The number of carboxylic acid groups (broad SMARTS) is 1. The molecule has 0 aliphatic rings. The first-order valence-electron chi connectivity index (χ1n) is 4.81. The van der Waals surface area contributed by atoms with Crippen molar-refractivity contribution in [1.82, 2.24) is 0 Å². The van der Waals surface area contributed by atoms with E-state index in [1.54, 1.807) is 13.0 Å². The van der Waals surface area contributed by atoms with E-state index in [0.717, 1.165) is 10.5 Å². The van der Waals surface area contributed by atoms with Crippen molar-refractivity contribution in [3.05, 3.63) is 23.3 Å². The molecule has 0 aromatic heterocycles. The second kappa shape index (κ2) is 5.23. The van der Waals surface area contributed by atoms with E-state index in [0.29, 0.717) is 5.56 Å². The number of nitrogens with two attached hydrogens (primary N) is 1. The van der Waals surface area contributed by atoms with Crippen molar-refractivity contribution < 1.29 is 15.0 Å². The van der Waals surface area contributed by atoms with Gasteiger partial charge in [0.05, 0.1) is 0 Å². The molecule has 1 aromatic carbocycles. The number of aryl methyl sites for hydroxylation is 1. The maximum absolute atomic E-state index is 10.7. The summed E-state index contributed by atoms with van der Waals surface area (Å²) in [4.78, 5) is 11.5. The van der Waals surface area contributed by atoms with Crippen LogP contribution in [0.4, 0.5) is 0 Å². The molecule has 1 rings (SSSR count). The first-order valence-corrected chi connectivity index (χ1v) is 6.03. The summed E-state index contributed by atoms with van der Waals surface area (Å²) >= 11 is 1.46. The van der Waals surface area contributed by atoms with Gasteiger partial charge < -0.3 is 15.9 Å². The lowest BCUT2D eigenvalue weighted by atomic mass is 10.0. The second-order valence-corrected chi connectivity index (χ2v) is 4.41. The van der Waals surface area contributed by atoms with Crippen LogP contribution in [0.25, 0.3) is 0 Å². The monoisotopic (exact) mass is 241 g/mol. The molecule has 16 heavy (non-hydrogen) atoms. The Morgan fingerprint density at radius 3 is 2.69 bits per heavy atom. The maximum Gasteiger partial charge on any atom is 0.320 e. The van der Waals surface area contributed by atoms with Crippen molar-refractivity contribution in [1.29, 1.82) is 0 Å². The third-order valence-corrected chi connectivity index (χ3v) is 3.22. The number of benzene rings is 1. The summed E-state index contributed by atoms with van der Waals surface area (Å²) in [5.41, 5.74) is 6.81. The normalized spacial score (nSPS) is 12.4. The lowest BCUT2D eigenvalue weighted by molar-refractivity contribution is -0.138. The highest BCUT2D eigenvalue weighted by molar-refractivity contribution is 7.98. The molecule has 0 fully saturated rings. The molecule has 4 nitrogen and oxygen atoms in total. The number of thioether (sulfide) groups is 1. The van der Waals surface area contributed by atoms with E-state index in [9.17, 15) is 9.90 Å². The Kier molecular flexibility index (Phi) is 4.20. The molecule has 4 N–H and O–H groups in total. The van der Waals surface area contributed by atoms with E-state index in [1.807, 2.05) is 12.3 Å². The minimum Gasteiger partial charge on any atom is -0.507 e. The third-order valence-electron chi connectivity index (χ3n) is 2.40. The summed E-state index contributed by atoms with van der Waals surface area (Å²) in [5.74, 6) is -0.920. The fourth-order valence-corrected chi connectivity index (χ4v) is 2.06. The van der Waals surface area contributed by atoms with Crippen molar-refractivity contribution in [2.24, 2.45) is 5.73 Å². The van der Waals surface area contributed by atoms with Crippen molar-refractivity contribution in [2.75, 3.05) is 6.26 Å². The van der Waals surface area contributed by atoms with Crippen LogP contribution in [-0.2, 0) is 11.2 Å². The van der Waals surface area contributed by atoms with Gasteiger partial charge in [0.15, 0.2) is 0 Å². The van der Waals surface area contributed by atoms with Crippen LogP contribution in [0.2, 0.25) is 0 Å². The zero-order chi connectivity index (χ0) is 12.3. The predicted molar refractivity (Wildman–Crippen MR) is 63.9 cm³/mol. The van der Waals surface area contributed by atoms with Crippen LogP contribution < -0.4 is 5.73 Å². The van der Waals surface area contributed by atoms with Gasteiger partial charge in [-0.3, -0.25) is 4.79 Å². The van der Waals surface area contributed by atoms with Crippen LogP contribution in [0, 0.1) is 6.92 Å². The highest BCUT2D eigenvalue weighted by atomic mass is 32.2. The smallest absolute Gasteiger partial charge is 0.320 e. The Morgan fingerprint density at radius 1 is 1.56 bits per heavy atom. The number of aliphatic carboxylic acids is 1. The molecule has 1 unspecified atom stereocenters. The maximum atomic E-state index is 10.7. The minimum atomic E-state index is -1.06. The summed E-state index contributed by atoms with van der Waals surface area (Å²) in [6.07, 6.45) is 2.01. The lowest BCUT2D eigenvalue weighted by Crippen LogP contribution is -2.32. The minimum absolute atomic E-state index is 0.138. The molecule has 5 heteroatoms. The number of carboxylic acids is 1. The van der Waals surface area contributed by atoms with Crippen molar-refractivity contribution in [3.8, 4) is 5.75 Å². The van der Waals surface area contributed by atoms with E-state index >= 15 is 0 Å². The summed E-state index contributed by atoms with van der Waals surface area (Å²) in [6.45, 7) is 1.77. The largest absolute Gasteiger partial charge is 0.507 e. The zero-order valence-corrected chi connectivity index (χ0v) is 10.0. The standard InChI is InChI=1S/C11H15NO3S/c1-6-3-4-9(16-2)7(10(6)13)5-8(12)11(14)15/h3-4,8,13H,5,12H2,1-2H3,(H,14,15). The second-order valence-electron chi connectivity index (χ2n) is 3.56. The Bertz CT molecular complexity index is 406. The fourth-order valence-electron chi connectivity index (χ4n) is 1.43. The van der Waals surface area contributed by atoms with Crippen molar-refractivity contribution in [2.45, 2.75) is 24.3 Å². The molecule has 88 valence electrons. The number of phenolic OH excluding ortho intramolecular Hbond substituents is 1. The van der Waals surface area contributed by atoms with Crippen LogP contribution in [0.1, 0.15) is 11.1 Å². The van der Waals surface area contributed by atoms with Gasteiger partial charge >= 0.3 is 5.97 Å². The Hall–Kier alpha value is -1.20. The fraction of sp³-hybridized carbons (Fsp3) is 0.364. The van der Waals surface area contributed by atoms with Gasteiger partial charge in [0.1, 0.15) is 11.8 Å². The van der Waals surface area contributed by atoms with Crippen LogP contribution in [0.15, 0.2) is 17.0 Å². The summed E-state index contributed by atoms with van der Waals surface area (Å²) in [7, 11) is 0. The highest BCUT2D eigenvalue weighted by Crippen LogP contribution is 2.31. The molecule has 0 radical (unpaired) electrons. The topological polar surface area (TPSA) is 83.5 Å². The molecule has 0 bridgehead atoms. The lowest BCUT2D eigenvalue weighted by Gasteiger charge is -2.13. The van der Waals surface area contributed by atoms with Crippen LogP contribution in [0.5, 0.6) is 5.75 Å². The van der Waals surface area contributed by atoms with E-state index in [1.165, 1.54) is 11.8 Å². The Labute approximate surface area is 98.5 Å². The van der Waals surface area contributed by atoms with Crippen LogP contribution in [-0.4, -0.2) is 28.5 Å². The molecule has 0 saturated heterocycles. The summed E-state index contributed by atoms with van der Waals surface area (Å²) < 4.78 is 0. The number of rotatable bonds is 4. The first-order chi connectivity index (χ1) is 7.47. The summed E-state index contributed by atoms with van der Waals surface area (Å²) in [5, 5.41) is 18.6.